The van der Waals surface area contributed by atoms with Crippen LogP contribution in [0.3, 0.4) is 0 Å². The minimum absolute atomic E-state index is 0.0137. The number of hydrogen-bond acceptors (Lipinski definition) is 6. The molecule has 3 rings (SSSR count). The van der Waals surface area contributed by atoms with Crippen LogP contribution in [0.25, 0.3) is 11.4 Å². The molecule has 1 aromatic heterocycles. The molecule has 0 atom stereocenters. The van der Waals surface area contributed by atoms with Gasteiger partial charge in [0.15, 0.2) is 5.82 Å². The number of nitrogens with one attached hydrogen (secondary N) is 1. The first-order valence-corrected chi connectivity index (χ1v) is 7.07. The predicted molar refractivity (Wildman–Crippen MR) is 79.1 cm³/mol. The first-order chi connectivity index (χ1) is 10.2. The van der Waals surface area contributed by atoms with Crippen molar-refractivity contribution >= 4 is 5.95 Å². The highest BCUT2D eigenvalue weighted by Gasteiger charge is 2.21. The zero-order chi connectivity index (χ0) is 14.8. The summed E-state index contributed by atoms with van der Waals surface area (Å²) in [4.78, 5) is 6.55. The van der Waals surface area contributed by atoms with E-state index in [1.165, 1.54) is 12.1 Å². The van der Waals surface area contributed by atoms with Crippen molar-refractivity contribution in [3.63, 3.8) is 0 Å². The van der Waals surface area contributed by atoms with E-state index in [2.05, 4.69) is 20.1 Å². The van der Waals surface area contributed by atoms with Gasteiger partial charge in [-0.3, -0.25) is 5.10 Å². The van der Waals surface area contributed by atoms with Gasteiger partial charge in [0.2, 0.25) is 5.95 Å². The van der Waals surface area contributed by atoms with E-state index in [4.69, 9.17) is 5.73 Å². The van der Waals surface area contributed by atoms with Gasteiger partial charge in [0.1, 0.15) is 11.5 Å². The van der Waals surface area contributed by atoms with Crippen LogP contribution in [0, 0.1) is 5.92 Å². The highest BCUT2D eigenvalue weighted by Crippen LogP contribution is 2.30. The van der Waals surface area contributed by atoms with Gasteiger partial charge in [0, 0.05) is 19.2 Å². The van der Waals surface area contributed by atoms with E-state index in [0.29, 0.717) is 23.3 Å². The van der Waals surface area contributed by atoms with Crippen LogP contribution in [0.4, 0.5) is 5.95 Å². The smallest absolute Gasteiger partial charge is 0.245 e. The lowest BCUT2D eigenvalue weighted by molar-refractivity contribution is 0.411. The number of nitrogens with zero attached hydrogens (tertiary/aromatic N) is 3. The fraction of sp³-hybridized carbons (Fsp3) is 0.429. The third kappa shape index (κ3) is 2.78. The largest absolute Gasteiger partial charge is 0.508 e. The molecule has 7 nitrogen and oxygen atoms in total. The lowest BCUT2D eigenvalue weighted by atomic mass is 9.97. The summed E-state index contributed by atoms with van der Waals surface area (Å²) < 4.78 is 0. The van der Waals surface area contributed by atoms with Gasteiger partial charge >= 0.3 is 0 Å². The van der Waals surface area contributed by atoms with Gasteiger partial charge in [-0.25, -0.2) is 0 Å². The van der Waals surface area contributed by atoms with Crippen LogP contribution >= 0.6 is 0 Å². The van der Waals surface area contributed by atoms with Crippen LogP contribution in [-0.4, -0.2) is 45.0 Å². The van der Waals surface area contributed by atoms with E-state index in [0.717, 1.165) is 32.5 Å². The molecule has 0 saturated carbocycles. The molecule has 0 aliphatic carbocycles. The summed E-state index contributed by atoms with van der Waals surface area (Å²) >= 11 is 0. The third-order valence-corrected chi connectivity index (χ3v) is 3.94. The molecule has 0 spiro atoms. The van der Waals surface area contributed by atoms with Gasteiger partial charge in [-0.1, -0.05) is 0 Å². The number of anilines is 1. The van der Waals surface area contributed by atoms with Gasteiger partial charge in [0.05, 0.1) is 5.56 Å². The van der Waals surface area contributed by atoms with Crippen LogP contribution in [0.2, 0.25) is 0 Å². The summed E-state index contributed by atoms with van der Waals surface area (Å²) in [7, 11) is 0. The first kappa shape index (κ1) is 13.7. The maximum atomic E-state index is 9.86. The van der Waals surface area contributed by atoms with E-state index < -0.39 is 0 Å². The first-order valence-electron chi connectivity index (χ1n) is 7.07. The normalized spacial score (nSPS) is 16.3. The quantitative estimate of drug-likeness (QED) is 0.672. The fourth-order valence-corrected chi connectivity index (χ4v) is 2.60. The number of rotatable bonds is 3. The van der Waals surface area contributed by atoms with E-state index in [-0.39, 0.29) is 11.5 Å². The number of H-pyrrole nitrogens is 1. The number of benzene rings is 1. The molecular formula is C14H19N5O2. The molecule has 1 aliphatic rings. The van der Waals surface area contributed by atoms with Gasteiger partial charge < -0.3 is 20.8 Å². The zero-order valence-corrected chi connectivity index (χ0v) is 11.7. The molecule has 7 heteroatoms. The van der Waals surface area contributed by atoms with Crippen molar-refractivity contribution < 1.29 is 10.2 Å². The Hall–Kier alpha value is -2.28. The molecule has 2 heterocycles. The zero-order valence-electron chi connectivity index (χ0n) is 11.7. The SMILES string of the molecule is NCC1CCN(c2n[nH]c(-c3ccc(O)cc3O)n2)CC1. The summed E-state index contributed by atoms with van der Waals surface area (Å²) in [5.74, 6) is 1.69. The molecule has 1 saturated heterocycles. The van der Waals surface area contributed by atoms with Gasteiger partial charge in [-0.15, -0.1) is 5.10 Å². The second-order valence-electron chi connectivity index (χ2n) is 5.35. The summed E-state index contributed by atoms with van der Waals surface area (Å²) in [5, 5.41) is 26.2. The number of piperidine rings is 1. The van der Waals surface area contributed by atoms with E-state index in [9.17, 15) is 10.2 Å². The Morgan fingerprint density at radius 1 is 1.29 bits per heavy atom. The predicted octanol–water partition coefficient (Wildman–Crippen LogP) is 1.06. The van der Waals surface area contributed by atoms with Gasteiger partial charge in [-0.2, -0.15) is 4.98 Å². The van der Waals surface area contributed by atoms with E-state index >= 15 is 0 Å². The van der Waals surface area contributed by atoms with Crippen LogP contribution in [0.15, 0.2) is 18.2 Å². The minimum Gasteiger partial charge on any atom is -0.508 e. The average molecular weight is 289 g/mol. The standard InChI is InChI=1S/C14H19N5O2/c15-8-9-3-5-19(6-4-9)14-16-13(17-18-14)11-2-1-10(20)7-12(11)21/h1-2,7,9,20-21H,3-6,8,15H2,(H,16,17,18). The van der Waals surface area contributed by atoms with Crippen LogP contribution in [-0.2, 0) is 0 Å². The van der Waals surface area contributed by atoms with Crippen molar-refractivity contribution in [1.29, 1.82) is 0 Å². The number of phenols is 2. The lowest BCUT2D eigenvalue weighted by Crippen LogP contribution is -2.36. The summed E-state index contributed by atoms with van der Waals surface area (Å²) in [6.07, 6.45) is 2.09. The fourth-order valence-electron chi connectivity index (χ4n) is 2.60. The summed E-state index contributed by atoms with van der Waals surface area (Å²) in [6, 6.07) is 4.39. The molecule has 21 heavy (non-hydrogen) atoms. The number of phenolic OH excluding ortho intramolecular Hbond substituents is 2. The molecule has 1 aromatic carbocycles. The molecule has 2 aromatic rings. The Kier molecular flexibility index (Phi) is 3.66. The van der Waals surface area contributed by atoms with E-state index in [1.54, 1.807) is 6.07 Å². The van der Waals surface area contributed by atoms with Crippen molar-refractivity contribution in [2.75, 3.05) is 24.5 Å². The number of aromatic amines is 1. The Bertz CT molecular complexity index is 620. The topological polar surface area (TPSA) is 111 Å². The summed E-state index contributed by atoms with van der Waals surface area (Å²) in [5.41, 5.74) is 6.21. The Labute approximate surface area is 122 Å². The second kappa shape index (κ2) is 5.61. The number of aromatic hydroxyl groups is 2. The molecule has 0 bridgehead atoms. The molecule has 0 radical (unpaired) electrons. The van der Waals surface area contributed by atoms with Gasteiger partial charge in [-0.05, 0) is 37.4 Å². The van der Waals surface area contributed by atoms with Crippen molar-refractivity contribution in [3.05, 3.63) is 18.2 Å². The Morgan fingerprint density at radius 2 is 2.05 bits per heavy atom. The van der Waals surface area contributed by atoms with Gasteiger partial charge in [0.25, 0.3) is 0 Å². The van der Waals surface area contributed by atoms with Crippen molar-refractivity contribution in [2.45, 2.75) is 12.8 Å². The Morgan fingerprint density at radius 3 is 2.71 bits per heavy atom. The lowest BCUT2D eigenvalue weighted by Gasteiger charge is -2.30. The molecular weight excluding hydrogens is 270 g/mol. The highest BCUT2D eigenvalue weighted by molar-refractivity contribution is 5.65. The number of hydrogen-bond donors (Lipinski definition) is 4. The van der Waals surface area contributed by atoms with Crippen molar-refractivity contribution in [1.82, 2.24) is 15.2 Å². The monoisotopic (exact) mass is 289 g/mol. The third-order valence-electron chi connectivity index (χ3n) is 3.94. The van der Waals surface area contributed by atoms with Crippen LogP contribution in [0.5, 0.6) is 11.5 Å². The van der Waals surface area contributed by atoms with Crippen LogP contribution in [0.1, 0.15) is 12.8 Å². The van der Waals surface area contributed by atoms with Crippen LogP contribution < -0.4 is 10.6 Å². The van der Waals surface area contributed by atoms with E-state index in [1.807, 2.05) is 0 Å². The number of aromatic nitrogens is 3. The molecule has 1 aliphatic heterocycles. The maximum Gasteiger partial charge on any atom is 0.245 e. The summed E-state index contributed by atoms with van der Waals surface area (Å²) in [6.45, 7) is 2.51. The van der Waals surface area contributed by atoms with Crippen molar-refractivity contribution in [2.24, 2.45) is 11.7 Å². The molecule has 0 amide bonds. The molecule has 0 unspecified atom stereocenters. The Balaban J connectivity index is 1.77. The second-order valence-corrected chi connectivity index (χ2v) is 5.35. The highest BCUT2D eigenvalue weighted by atomic mass is 16.3. The maximum absolute atomic E-state index is 9.86. The average Bonchev–Trinajstić information content (AvgIpc) is 2.97. The minimum atomic E-state index is -0.0282. The van der Waals surface area contributed by atoms with Crippen molar-refractivity contribution in [3.8, 4) is 22.9 Å². The molecule has 5 N–H and O–H groups in total. The molecule has 1 fully saturated rings. The molecule has 112 valence electrons. The number of nitrogens with two attached hydrogens (primary N) is 1.